The van der Waals surface area contributed by atoms with Gasteiger partial charge in [-0.2, -0.15) is 5.10 Å². The van der Waals surface area contributed by atoms with Crippen LogP contribution >= 0.6 is 0 Å². The molecule has 30 heavy (non-hydrogen) atoms. The van der Waals surface area contributed by atoms with E-state index in [4.69, 9.17) is 0 Å². The molecule has 1 aliphatic heterocycles. The van der Waals surface area contributed by atoms with Crippen LogP contribution in [0.3, 0.4) is 0 Å². The summed E-state index contributed by atoms with van der Waals surface area (Å²) in [5.41, 5.74) is 3.56. The van der Waals surface area contributed by atoms with Crippen molar-refractivity contribution in [1.29, 1.82) is 0 Å². The van der Waals surface area contributed by atoms with Crippen molar-refractivity contribution in [2.24, 2.45) is 4.99 Å². The van der Waals surface area contributed by atoms with Gasteiger partial charge < -0.3 is 10.6 Å². The van der Waals surface area contributed by atoms with Crippen LogP contribution in [0.2, 0.25) is 0 Å². The van der Waals surface area contributed by atoms with Crippen molar-refractivity contribution < 1.29 is 0 Å². The molecule has 3 aromatic rings. The topological polar surface area (TPSA) is 81.2 Å². The molecule has 2 heterocycles. The molecule has 7 nitrogen and oxygen atoms in total. The molecule has 0 spiro atoms. The smallest absolute Gasteiger partial charge is 0.191 e. The van der Waals surface area contributed by atoms with Crippen molar-refractivity contribution in [2.75, 3.05) is 20.1 Å². The Hall–Kier alpha value is -3.19. The van der Waals surface area contributed by atoms with Crippen LogP contribution < -0.4 is 10.6 Å². The van der Waals surface area contributed by atoms with Crippen LogP contribution in [-0.2, 0) is 13.1 Å². The molecule has 1 aliphatic rings. The van der Waals surface area contributed by atoms with E-state index in [1.165, 1.54) is 30.3 Å². The Morgan fingerprint density at radius 1 is 1.13 bits per heavy atom. The van der Waals surface area contributed by atoms with Gasteiger partial charge in [-0.15, -0.1) is 0 Å². The van der Waals surface area contributed by atoms with Gasteiger partial charge in [-0.1, -0.05) is 48.5 Å². The van der Waals surface area contributed by atoms with Crippen LogP contribution in [0.15, 0.2) is 65.9 Å². The highest BCUT2D eigenvalue weighted by atomic mass is 15.2. The predicted molar refractivity (Wildman–Crippen MR) is 120 cm³/mol. The second-order valence-corrected chi connectivity index (χ2v) is 7.59. The van der Waals surface area contributed by atoms with E-state index in [1.807, 2.05) is 19.2 Å². The van der Waals surface area contributed by atoms with Crippen LogP contribution in [0.5, 0.6) is 0 Å². The number of benzene rings is 2. The molecular weight excluding hydrogens is 374 g/mol. The van der Waals surface area contributed by atoms with E-state index in [1.54, 1.807) is 0 Å². The maximum atomic E-state index is 4.39. The zero-order valence-electron chi connectivity index (χ0n) is 17.4. The monoisotopic (exact) mass is 403 g/mol. The van der Waals surface area contributed by atoms with E-state index in [9.17, 15) is 0 Å². The third kappa shape index (κ3) is 5.24. The normalized spacial score (nSPS) is 17.2. The molecule has 1 fully saturated rings. The van der Waals surface area contributed by atoms with E-state index in [-0.39, 0.29) is 0 Å². The number of hydrogen-bond donors (Lipinski definition) is 3. The van der Waals surface area contributed by atoms with Crippen LogP contribution in [-0.4, -0.2) is 52.2 Å². The molecule has 2 aromatic carbocycles. The average molecular weight is 404 g/mol. The zero-order valence-corrected chi connectivity index (χ0v) is 17.4. The lowest BCUT2D eigenvalue weighted by Gasteiger charge is -2.25. The molecule has 4 rings (SSSR count). The highest BCUT2D eigenvalue weighted by molar-refractivity contribution is 5.79. The largest absolute Gasteiger partial charge is 0.355 e. The minimum Gasteiger partial charge on any atom is -0.355 e. The number of guanidine groups is 1. The first-order valence-electron chi connectivity index (χ1n) is 10.5. The van der Waals surface area contributed by atoms with Crippen LogP contribution in [0.25, 0.3) is 11.4 Å². The number of aromatic amines is 1. The van der Waals surface area contributed by atoms with Gasteiger partial charge in [-0.25, -0.2) is 4.98 Å². The summed E-state index contributed by atoms with van der Waals surface area (Å²) in [5, 5.41) is 13.8. The van der Waals surface area contributed by atoms with Crippen molar-refractivity contribution in [3.05, 3.63) is 72.1 Å². The molecule has 1 atom stereocenters. The lowest BCUT2D eigenvalue weighted by atomic mass is 10.1. The first-order valence-corrected chi connectivity index (χ1v) is 10.5. The Balaban J connectivity index is 1.28. The molecule has 3 N–H and O–H groups in total. The maximum absolute atomic E-state index is 4.39. The molecule has 1 saturated heterocycles. The minimum atomic E-state index is 0.526. The number of hydrogen-bond acceptors (Lipinski definition) is 4. The standard InChI is InChI=1S/C23H29N7/c1-24-23(25-14-19-9-5-10-20(13-19)22-27-17-28-29-22)26-15-21-11-6-12-30(21)16-18-7-3-2-4-8-18/h2-5,7-10,13,17,21H,6,11-12,14-16H2,1H3,(H2,24,25,26)(H,27,28,29). The lowest BCUT2D eigenvalue weighted by molar-refractivity contribution is 0.245. The highest BCUT2D eigenvalue weighted by Crippen LogP contribution is 2.19. The van der Waals surface area contributed by atoms with Crippen molar-refractivity contribution in [1.82, 2.24) is 30.7 Å². The van der Waals surface area contributed by atoms with E-state index < -0.39 is 0 Å². The van der Waals surface area contributed by atoms with Crippen LogP contribution in [0, 0.1) is 0 Å². The van der Waals surface area contributed by atoms with Gasteiger partial charge >= 0.3 is 0 Å². The third-order valence-electron chi connectivity index (χ3n) is 5.53. The lowest BCUT2D eigenvalue weighted by Crippen LogP contribution is -2.44. The van der Waals surface area contributed by atoms with Crippen molar-refractivity contribution in [2.45, 2.75) is 32.0 Å². The Morgan fingerprint density at radius 3 is 2.80 bits per heavy atom. The number of rotatable bonds is 7. The van der Waals surface area contributed by atoms with Gasteiger partial charge in [0.15, 0.2) is 11.8 Å². The average Bonchev–Trinajstić information content (AvgIpc) is 3.47. The molecular formula is C23H29N7. The second kappa shape index (κ2) is 10.0. The zero-order chi connectivity index (χ0) is 20.6. The fourth-order valence-corrected chi connectivity index (χ4v) is 3.95. The fourth-order valence-electron chi connectivity index (χ4n) is 3.95. The van der Waals surface area contributed by atoms with Gasteiger partial charge in [-0.3, -0.25) is 15.0 Å². The van der Waals surface area contributed by atoms with Crippen molar-refractivity contribution >= 4 is 5.96 Å². The van der Waals surface area contributed by atoms with Crippen molar-refractivity contribution in [3.63, 3.8) is 0 Å². The van der Waals surface area contributed by atoms with Gasteiger partial charge in [0.2, 0.25) is 0 Å². The first-order chi connectivity index (χ1) is 14.8. The quantitative estimate of drug-likeness (QED) is 0.418. The van der Waals surface area contributed by atoms with Gasteiger partial charge in [0.25, 0.3) is 0 Å². The van der Waals surface area contributed by atoms with Crippen molar-refractivity contribution in [3.8, 4) is 11.4 Å². The van der Waals surface area contributed by atoms with E-state index >= 15 is 0 Å². The molecule has 1 unspecified atom stereocenters. The number of aromatic nitrogens is 3. The summed E-state index contributed by atoms with van der Waals surface area (Å²) in [5.74, 6) is 1.60. The van der Waals surface area contributed by atoms with Gasteiger partial charge in [0.05, 0.1) is 0 Å². The first kappa shape index (κ1) is 20.1. The summed E-state index contributed by atoms with van der Waals surface area (Å²) in [7, 11) is 1.82. The SMILES string of the molecule is CN=C(NCc1cccc(-c2ncn[nH]2)c1)NCC1CCCN1Cc1ccccc1. The summed E-state index contributed by atoms with van der Waals surface area (Å²) in [4.78, 5) is 11.2. The third-order valence-corrected chi connectivity index (χ3v) is 5.53. The summed E-state index contributed by atoms with van der Waals surface area (Å²) < 4.78 is 0. The molecule has 0 radical (unpaired) electrons. The summed E-state index contributed by atoms with van der Waals surface area (Å²) in [6, 6.07) is 19.5. The molecule has 156 valence electrons. The predicted octanol–water partition coefficient (Wildman–Crippen LogP) is 2.80. The molecule has 0 aliphatic carbocycles. The van der Waals surface area contributed by atoms with Gasteiger partial charge in [0.1, 0.15) is 6.33 Å². The van der Waals surface area contributed by atoms with E-state index in [0.29, 0.717) is 12.6 Å². The number of H-pyrrole nitrogens is 1. The number of nitrogens with zero attached hydrogens (tertiary/aromatic N) is 4. The summed E-state index contributed by atoms with van der Waals surface area (Å²) in [6.07, 6.45) is 3.99. The number of likely N-dealkylation sites (tertiary alicyclic amines) is 1. The molecule has 0 bridgehead atoms. The Bertz CT molecular complexity index is 937. The Kier molecular flexibility index (Phi) is 6.72. The molecule has 0 amide bonds. The number of aliphatic imine (C=N–C) groups is 1. The van der Waals surface area contributed by atoms with E-state index in [0.717, 1.165) is 37.0 Å². The highest BCUT2D eigenvalue weighted by Gasteiger charge is 2.24. The molecule has 1 aromatic heterocycles. The Labute approximate surface area is 177 Å². The van der Waals surface area contributed by atoms with E-state index in [2.05, 4.69) is 78.2 Å². The van der Waals surface area contributed by atoms with Crippen LogP contribution in [0.1, 0.15) is 24.0 Å². The van der Waals surface area contributed by atoms with Crippen LogP contribution in [0.4, 0.5) is 0 Å². The summed E-state index contributed by atoms with van der Waals surface area (Å²) >= 11 is 0. The Morgan fingerprint density at radius 2 is 2.00 bits per heavy atom. The molecule has 7 heteroatoms. The minimum absolute atomic E-state index is 0.526. The fraction of sp³-hybridized carbons (Fsp3) is 0.348. The maximum Gasteiger partial charge on any atom is 0.191 e. The second-order valence-electron chi connectivity index (χ2n) is 7.59. The number of nitrogens with one attached hydrogen (secondary N) is 3. The van der Waals surface area contributed by atoms with Gasteiger partial charge in [0, 0.05) is 38.3 Å². The van der Waals surface area contributed by atoms with Gasteiger partial charge in [-0.05, 0) is 36.6 Å². The summed E-state index contributed by atoms with van der Waals surface area (Å²) in [6.45, 7) is 3.75. The molecule has 0 saturated carbocycles.